The van der Waals surface area contributed by atoms with E-state index in [1.807, 2.05) is 31.3 Å². The van der Waals surface area contributed by atoms with Gasteiger partial charge in [0.2, 0.25) is 0 Å². The number of anilines is 4. The minimum absolute atomic E-state index is 0.200. The van der Waals surface area contributed by atoms with Crippen LogP contribution in [0.3, 0.4) is 0 Å². The summed E-state index contributed by atoms with van der Waals surface area (Å²) in [5, 5.41) is 23.0. The van der Waals surface area contributed by atoms with Gasteiger partial charge in [-0.05, 0) is 43.7 Å². The van der Waals surface area contributed by atoms with Crippen LogP contribution in [0.25, 0.3) is 11.1 Å². The molecular weight excluding hydrogens is 456 g/mol. The Bertz CT molecular complexity index is 1240. The number of piperazine rings is 1. The van der Waals surface area contributed by atoms with Crippen molar-refractivity contribution in [2.45, 2.75) is 26.5 Å². The lowest BCUT2D eigenvalue weighted by atomic mass is 10.0. The van der Waals surface area contributed by atoms with Crippen molar-refractivity contribution in [2.75, 3.05) is 48.3 Å². The van der Waals surface area contributed by atoms with Crippen molar-refractivity contribution in [1.82, 2.24) is 25.6 Å². The Morgan fingerprint density at radius 2 is 2.14 bits per heavy atom. The zero-order valence-electron chi connectivity index (χ0n) is 20.8. The summed E-state index contributed by atoms with van der Waals surface area (Å²) in [4.78, 5) is 26.6. The molecule has 6 N–H and O–H groups in total. The minimum atomic E-state index is -0.260. The number of aliphatic hydroxyl groups is 1. The first-order valence-corrected chi connectivity index (χ1v) is 12.1. The summed E-state index contributed by atoms with van der Waals surface area (Å²) in [6.07, 6.45) is 5.14. The second-order valence-corrected chi connectivity index (χ2v) is 8.88. The first kappa shape index (κ1) is 25.2. The van der Waals surface area contributed by atoms with Gasteiger partial charge in [-0.3, -0.25) is 4.79 Å². The number of aromatic nitrogens is 3. The van der Waals surface area contributed by atoms with Gasteiger partial charge in [0.25, 0.3) is 5.56 Å². The molecular formula is C26H34N8O2. The molecule has 36 heavy (non-hydrogen) atoms. The molecule has 3 aromatic heterocycles. The number of aliphatic hydroxyl groups excluding tert-OH is 1. The summed E-state index contributed by atoms with van der Waals surface area (Å²) in [6.45, 7) is 11.8. The van der Waals surface area contributed by atoms with E-state index in [2.05, 4.69) is 54.6 Å². The van der Waals surface area contributed by atoms with Crippen LogP contribution in [0, 0.1) is 0 Å². The SMILES string of the molecule is C=C(C)NCCNc1nccc(-c2c[nH]c(=O)c(Nc3ccc(N4CCNC[C@@H]4C)cn3)c2)c1CO. The van der Waals surface area contributed by atoms with Gasteiger partial charge in [-0.1, -0.05) is 6.58 Å². The van der Waals surface area contributed by atoms with Crippen molar-refractivity contribution in [3.63, 3.8) is 0 Å². The largest absolute Gasteiger partial charge is 0.392 e. The van der Waals surface area contributed by atoms with Crippen LogP contribution in [-0.2, 0) is 6.61 Å². The second-order valence-electron chi connectivity index (χ2n) is 8.88. The Kier molecular flexibility index (Phi) is 8.19. The zero-order chi connectivity index (χ0) is 25.5. The molecule has 10 nitrogen and oxygen atoms in total. The molecule has 0 amide bonds. The molecule has 4 heterocycles. The molecule has 3 aromatic rings. The maximum Gasteiger partial charge on any atom is 0.271 e. The number of rotatable bonds is 10. The smallest absolute Gasteiger partial charge is 0.271 e. The maximum atomic E-state index is 12.6. The van der Waals surface area contributed by atoms with Gasteiger partial charge in [0.1, 0.15) is 17.3 Å². The van der Waals surface area contributed by atoms with Gasteiger partial charge in [0, 0.05) is 68.0 Å². The molecule has 10 heteroatoms. The topological polar surface area (TPSA) is 130 Å². The first-order valence-electron chi connectivity index (χ1n) is 12.1. The molecule has 4 rings (SSSR count). The van der Waals surface area contributed by atoms with Gasteiger partial charge < -0.3 is 36.3 Å². The van der Waals surface area contributed by atoms with Gasteiger partial charge in [0.05, 0.1) is 18.5 Å². The van der Waals surface area contributed by atoms with Gasteiger partial charge in [0.15, 0.2) is 0 Å². The van der Waals surface area contributed by atoms with E-state index in [4.69, 9.17) is 0 Å². The number of pyridine rings is 3. The fourth-order valence-corrected chi connectivity index (χ4v) is 4.26. The highest BCUT2D eigenvalue weighted by molar-refractivity contribution is 5.74. The fraction of sp³-hybridized carbons (Fsp3) is 0.346. The Morgan fingerprint density at radius 1 is 1.28 bits per heavy atom. The zero-order valence-corrected chi connectivity index (χ0v) is 20.8. The van der Waals surface area contributed by atoms with E-state index >= 15 is 0 Å². The molecule has 1 aliphatic heterocycles. The maximum absolute atomic E-state index is 12.6. The highest BCUT2D eigenvalue weighted by Gasteiger charge is 2.18. The number of hydrogen-bond donors (Lipinski definition) is 6. The molecule has 1 aliphatic rings. The highest BCUT2D eigenvalue weighted by Crippen LogP contribution is 2.29. The Morgan fingerprint density at radius 3 is 2.86 bits per heavy atom. The van der Waals surface area contributed by atoms with Crippen LogP contribution in [0.2, 0.25) is 0 Å². The predicted molar refractivity (Wildman–Crippen MR) is 145 cm³/mol. The van der Waals surface area contributed by atoms with E-state index in [0.717, 1.165) is 42.1 Å². The molecule has 0 saturated carbocycles. The molecule has 0 radical (unpaired) electrons. The second kappa shape index (κ2) is 11.7. The summed E-state index contributed by atoms with van der Waals surface area (Å²) in [5.41, 5.74) is 4.22. The molecule has 1 saturated heterocycles. The Labute approximate surface area is 210 Å². The van der Waals surface area contributed by atoms with Crippen LogP contribution in [0.4, 0.5) is 23.0 Å². The van der Waals surface area contributed by atoms with Crippen molar-refractivity contribution in [1.29, 1.82) is 0 Å². The standard InChI is InChI=1S/C26H34N8O2/c1-17(2)28-8-9-30-25-22(16-35)21(6-7-29-25)19-12-23(26(36)32-14-19)33-24-5-4-20(15-31-24)34-11-10-27-13-18(34)3/h4-7,12,14-15,18,27-28,35H,1,8-11,13,16H2,2-3H3,(H,29,30)(H,31,33)(H,32,36)/t18-/m0/s1. The van der Waals surface area contributed by atoms with Gasteiger partial charge >= 0.3 is 0 Å². The van der Waals surface area contributed by atoms with Gasteiger partial charge in [-0.2, -0.15) is 0 Å². The molecule has 0 bridgehead atoms. The fourth-order valence-electron chi connectivity index (χ4n) is 4.26. The third kappa shape index (κ3) is 6.02. The number of H-pyrrole nitrogens is 1. The van der Waals surface area contributed by atoms with Crippen LogP contribution in [-0.4, -0.2) is 58.8 Å². The van der Waals surface area contributed by atoms with E-state index in [0.29, 0.717) is 42.0 Å². The highest BCUT2D eigenvalue weighted by atomic mass is 16.3. The average molecular weight is 491 g/mol. The Hall–Kier alpha value is -3.89. The third-order valence-electron chi connectivity index (χ3n) is 6.12. The van der Waals surface area contributed by atoms with Crippen LogP contribution in [0.15, 0.2) is 59.9 Å². The summed E-state index contributed by atoms with van der Waals surface area (Å²) in [6, 6.07) is 7.86. The van der Waals surface area contributed by atoms with Crippen LogP contribution >= 0.6 is 0 Å². The molecule has 0 aromatic carbocycles. The van der Waals surface area contributed by atoms with Crippen LogP contribution in [0.1, 0.15) is 19.4 Å². The third-order valence-corrected chi connectivity index (χ3v) is 6.12. The lowest BCUT2D eigenvalue weighted by Crippen LogP contribution is -2.49. The number of allylic oxidation sites excluding steroid dienone is 1. The molecule has 1 fully saturated rings. The Balaban J connectivity index is 1.53. The van der Waals surface area contributed by atoms with Gasteiger partial charge in [-0.25, -0.2) is 9.97 Å². The monoisotopic (exact) mass is 490 g/mol. The van der Waals surface area contributed by atoms with E-state index < -0.39 is 0 Å². The number of nitrogens with zero attached hydrogens (tertiary/aromatic N) is 3. The van der Waals surface area contributed by atoms with E-state index in [-0.39, 0.29) is 12.2 Å². The van der Waals surface area contributed by atoms with Crippen molar-refractivity contribution >= 4 is 23.0 Å². The first-order chi connectivity index (χ1) is 17.5. The van der Waals surface area contributed by atoms with Crippen molar-refractivity contribution in [3.8, 4) is 11.1 Å². The average Bonchev–Trinajstić information content (AvgIpc) is 2.88. The summed E-state index contributed by atoms with van der Waals surface area (Å²) in [7, 11) is 0. The summed E-state index contributed by atoms with van der Waals surface area (Å²) in [5.74, 6) is 1.17. The minimum Gasteiger partial charge on any atom is -0.392 e. The molecule has 0 unspecified atom stereocenters. The molecule has 1 atom stereocenters. The normalized spacial score (nSPS) is 15.4. The lowest BCUT2D eigenvalue weighted by Gasteiger charge is -2.35. The summed E-state index contributed by atoms with van der Waals surface area (Å²) >= 11 is 0. The molecule has 0 aliphatic carbocycles. The van der Waals surface area contributed by atoms with Crippen molar-refractivity contribution in [3.05, 3.63) is 71.0 Å². The summed E-state index contributed by atoms with van der Waals surface area (Å²) < 4.78 is 0. The molecule has 0 spiro atoms. The van der Waals surface area contributed by atoms with Crippen molar-refractivity contribution in [2.24, 2.45) is 0 Å². The van der Waals surface area contributed by atoms with Crippen LogP contribution < -0.4 is 31.7 Å². The van der Waals surface area contributed by atoms with Crippen LogP contribution in [0.5, 0.6) is 0 Å². The number of hydrogen-bond acceptors (Lipinski definition) is 9. The van der Waals surface area contributed by atoms with Gasteiger partial charge in [-0.15, -0.1) is 0 Å². The molecule has 190 valence electrons. The number of nitrogens with one attached hydrogen (secondary N) is 5. The van der Waals surface area contributed by atoms with E-state index in [9.17, 15) is 9.90 Å². The quantitative estimate of drug-likeness (QED) is 0.237. The van der Waals surface area contributed by atoms with Crippen molar-refractivity contribution < 1.29 is 5.11 Å². The lowest BCUT2D eigenvalue weighted by molar-refractivity contribution is 0.282. The predicted octanol–water partition coefficient (Wildman–Crippen LogP) is 2.40. The van der Waals surface area contributed by atoms with E-state index in [1.54, 1.807) is 18.5 Å². The number of aromatic amines is 1. The van der Waals surface area contributed by atoms with E-state index in [1.165, 1.54) is 0 Å².